The molecule has 16 heavy (non-hydrogen) atoms. The monoisotopic (exact) mass is 228 g/mol. The van der Waals surface area contributed by atoms with Crippen molar-refractivity contribution in [1.29, 1.82) is 0 Å². The zero-order valence-corrected chi connectivity index (χ0v) is 10.7. The van der Waals surface area contributed by atoms with Crippen LogP contribution in [0.3, 0.4) is 0 Å². The highest BCUT2D eigenvalue weighted by Gasteiger charge is 2.18. The molecular weight excluding hydrogens is 204 g/mol. The van der Waals surface area contributed by atoms with E-state index in [0.717, 1.165) is 32.4 Å². The average Bonchev–Trinajstić information content (AvgIpc) is 2.24. The largest absolute Gasteiger partial charge is 0.378 e. The van der Waals surface area contributed by atoms with Gasteiger partial charge in [0.1, 0.15) is 0 Å². The Labute approximate surface area is 98.3 Å². The third kappa shape index (κ3) is 4.94. The minimum absolute atomic E-state index is 0.210. The molecule has 0 aromatic rings. The smallest absolute Gasteiger partial charge is 0.222 e. The van der Waals surface area contributed by atoms with E-state index in [2.05, 4.69) is 12.2 Å². The summed E-state index contributed by atoms with van der Waals surface area (Å²) >= 11 is 0. The van der Waals surface area contributed by atoms with Crippen LogP contribution in [-0.4, -0.2) is 50.2 Å². The number of nitrogens with zero attached hydrogens (tertiary/aromatic N) is 1. The molecule has 1 fully saturated rings. The summed E-state index contributed by atoms with van der Waals surface area (Å²) in [6, 6.07) is 0.568. The van der Waals surface area contributed by atoms with E-state index in [-0.39, 0.29) is 5.91 Å². The Kier molecular flexibility index (Phi) is 5.77. The van der Waals surface area contributed by atoms with Gasteiger partial charge in [0.2, 0.25) is 5.91 Å². The second-order valence-electron chi connectivity index (χ2n) is 4.75. The predicted octanol–water partition coefficient (Wildman–Crippen LogP) is 1.01. The number of amides is 1. The summed E-state index contributed by atoms with van der Waals surface area (Å²) in [6.07, 6.45) is 4.10. The van der Waals surface area contributed by atoms with Crippen LogP contribution in [-0.2, 0) is 9.53 Å². The molecule has 1 aliphatic rings. The van der Waals surface area contributed by atoms with Gasteiger partial charge in [-0.25, -0.2) is 0 Å². The maximum atomic E-state index is 11.3. The number of hydrogen-bond acceptors (Lipinski definition) is 3. The van der Waals surface area contributed by atoms with Crippen molar-refractivity contribution in [2.75, 3.05) is 27.2 Å². The first-order chi connectivity index (χ1) is 7.59. The molecule has 0 aromatic carbocycles. The highest BCUT2D eigenvalue weighted by atomic mass is 16.5. The number of rotatable bonds is 5. The van der Waals surface area contributed by atoms with Crippen LogP contribution < -0.4 is 5.32 Å². The first-order valence-corrected chi connectivity index (χ1v) is 6.14. The van der Waals surface area contributed by atoms with Crippen LogP contribution in [0, 0.1) is 0 Å². The van der Waals surface area contributed by atoms with Gasteiger partial charge in [0.25, 0.3) is 0 Å². The van der Waals surface area contributed by atoms with E-state index in [0.29, 0.717) is 18.6 Å². The molecule has 4 nitrogen and oxygen atoms in total. The van der Waals surface area contributed by atoms with Crippen LogP contribution in [0.1, 0.15) is 32.6 Å². The maximum absolute atomic E-state index is 11.3. The normalized spacial score (nSPS) is 25.4. The lowest BCUT2D eigenvalue weighted by Crippen LogP contribution is -2.38. The Morgan fingerprint density at radius 3 is 2.88 bits per heavy atom. The van der Waals surface area contributed by atoms with E-state index < -0.39 is 0 Å². The van der Waals surface area contributed by atoms with Gasteiger partial charge in [-0.3, -0.25) is 4.79 Å². The summed E-state index contributed by atoms with van der Waals surface area (Å²) < 4.78 is 5.48. The van der Waals surface area contributed by atoms with Crippen molar-refractivity contribution in [2.45, 2.75) is 44.8 Å². The topological polar surface area (TPSA) is 41.6 Å². The molecule has 1 N–H and O–H groups in total. The van der Waals surface area contributed by atoms with E-state index in [1.807, 2.05) is 0 Å². The van der Waals surface area contributed by atoms with Gasteiger partial charge in [-0.1, -0.05) is 0 Å². The third-order valence-electron chi connectivity index (χ3n) is 2.98. The summed E-state index contributed by atoms with van der Waals surface area (Å²) in [7, 11) is 3.60. The lowest BCUT2D eigenvalue weighted by Gasteiger charge is -2.28. The Morgan fingerprint density at radius 2 is 2.25 bits per heavy atom. The van der Waals surface area contributed by atoms with Gasteiger partial charge in [-0.15, -0.1) is 0 Å². The highest BCUT2D eigenvalue weighted by Crippen LogP contribution is 2.12. The van der Waals surface area contributed by atoms with Crippen LogP contribution in [0.25, 0.3) is 0 Å². The first kappa shape index (κ1) is 13.5. The predicted molar refractivity (Wildman–Crippen MR) is 64.4 cm³/mol. The minimum Gasteiger partial charge on any atom is -0.378 e. The van der Waals surface area contributed by atoms with Crippen molar-refractivity contribution < 1.29 is 9.53 Å². The summed E-state index contributed by atoms with van der Waals surface area (Å²) in [5.74, 6) is 0.210. The van der Waals surface area contributed by atoms with Crippen LogP contribution in [0.2, 0.25) is 0 Å². The number of ether oxygens (including phenoxy) is 1. The molecule has 1 rings (SSSR count). The standard InChI is InChI=1S/C12H24N2O2/c1-10-9-11(6-8-16-10)13-7-4-5-12(15)14(2)3/h10-11,13H,4-9H2,1-3H3. The van der Waals surface area contributed by atoms with Crippen molar-refractivity contribution in [3.63, 3.8) is 0 Å². The molecule has 0 spiro atoms. The lowest BCUT2D eigenvalue weighted by molar-refractivity contribution is -0.128. The number of carbonyl (C=O) groups excluding carboxylic acids is 1. The molecule has 4 heteroatoms. The number of carbonyl (C=O) groups is 1. The third-order valence-corrected chi connectivity index (χ3v) is 2.98. The maximum Gasteiger partial charge on any atom is 0.222 e. The molecule has 0 aliphatic carbocycles. The van der Waals surface area contributed by atoms with E-state index in [4.69, 9.17) is 4.74 Å². The Morgan fingerprint density at radius 1 is 1.50 bits per heavy atom. The zero-order valence-electron chi connectivity index (χ0n) is 10.7. The SMILES string of the molecule is CC1CC(NCCCC(=O)N(C)C)CCO1. The van der Waals surface area contributed by atoms with E-state index in [1.165, 1.54) is 0 Å². The summed E-state index contributed by atoms with van der Waals surface area (Å²) in [5, 5.41) is 3.50. The molecule has 2 atom stereocenters. The van der Waals surface area contributed by atoms with Gasteiger partial charge in [0, 0.05) is 33.2 Å². The summed E-state index contributed by atoms with van der Waals surface area (Å²) in [4.78, 5) is 13.0. The molecule has 0 bridgehead atoms. The second kappa shape index (κ2) is 6.86. The fraction of sp³-hybridized carbons (Fsp3) is 0.917. The minimum atomic E-state index is 0.210. The van der Waals surface area contributed by atoms with Gasteiger partial charge >= 0.3 is 0 Å². The molecule has 0 radical (unpaired) electrons. The number of hydrogen-bond donors (Lipinski definition) is 1. The zero-order chi connectivity index (χ0) is 12.0. The second-order valence-corrected chi connectivity index (χ2v) is 4.75. The van der Waals surface area contributed by atoms with Gasteiger partial charge in [0.15, 0.2) is 0 Å². The molecule has 1 aliphatic heterocycles. The number of nitrogens with one attached hydrogen (secondary N) is 1. The Bertz CT molecular complexity index is 219. The summed E-state index contributed by atoms with van der Waals surface area (Å²) in [5.41, 5.74) is 0. The first-order valence-electron chi connectivity index (χ1n) is 6.14. The van der Waals surface area contributed by atoms with Crippen molar-refractivity contribution in [1.82, 2.24) is 10.2 Å². The van der Waals surface area contributed by atoms with Crippen molar-refractivity contribution in [2.24, 2.45) is 0 Å². The summed E-state index contributed by atoms with van der Waals surface area (Å²) in [6.45, 7) is 3.90. The quantitative estimate of drug-likeness (QED) is 0.714. The fourth-order valence-electron chi connectivity index (χ4n) is 1.95. The lowest BCUT2D eigenvalue weighted by atomic mass is 10.0. The molecule has 1 heterocycles. The van der Waals surface area contributed by atoms with Gasteiger partial charge in [0.05, 0.1) is 6.10 Å². The Hall–Kier alpha value is -0.610. The van der Waals surface area contributed by atoms with Crippen molar-refractivity contribution in [3.8, 4) is 0 Å². The molecule has 1 amide bonds. The van der Waals surface area contributed by atoms with Gasteiger partial charge in [-0.05, 0) is 32.7 Å². The van der Waals surface area contributed by atoms with Gasteiger partial charge < -0.3 is 15.0 Å². The molecule has 0 aromatic heterocycles. The van der Waals surface area contributed by atoms with E-state index in [9.17, 15) is 4.79 Å². The molecular formula is C12H24N2O2. The van der Waals surface area contributed by atoms with Crippen LogP contribution in [0.4, 0.5) is 0 Å². The Balaban J connectivity index is 2.04. The van der Waals surface area contributed by atoms with Gasteiger partial charge in [-0.2, -0.15) is 0 Å². The molecule has 2 unspecified atom stereocenters. The van der Waals surface area contributed by atoms with Crippen LogP contribution in [0.5, 0.6) is 0 Å². The average molecular weight is 228 g/mol. The molecule has 94 valence electrons. The highest BCUT2D eigenvalue weighted by molar-refractivity contribution is 5.75. The van der Waals surface area contributed by atoms with Crippen LogP contribution in [0.15, 0.2) is 0 Å². The van der Waals surface area contributed by atoms with Crippen LogP contribution >= 0.6 is 0 Å². The van der Waals surface area contributed by atoms with E-state index in [1.54, 1.807) is 19.0 Å². The fourth-order valence-corrected chi connectivity index (χ4v) is 1.95. The van der Waals surface area contributed by atoms with Crippen molar-refractivity contribution >= 4 is 5.91 Å². The van der Waals surface area contributed by atoms with Crippen molar-refractivity contribution in [3.05, 3.63) is 0 Å². The van der Waals surface area contributed by atoms with E-state index >= 15 is 0 Å². The molecule has 0 saturated carbocycles. The molecule has 1 saturated heterocycles.